The molecule has 1 amide bonds. The third kappa shape index (κ3) is 11.8. The molecule has 1 aliphatic rings. The van der Waals surface area contributed by atoms with Crippen LogP contribution in [0.5, 0.6) is 23.1 Å². The fourth-order valence-corrected chi connectivity index (χ4v) is 9.93. The lowest BCUT2D eigenvalue weighted by Crippen LogP contribution is -2.45. The van der Waals surface area contributed by atoms with Gasteiger partial charge in [-0.25, -0.2) is 33.9 Å². The van der Waals surface area contributed by atoms with E-state index in [1.165, 1.54) is 55.7 Å². The van der Waals surface area contributed by atoms with Crippen molar-refractivity contribution in [3.05, 3.63) is 130 Å². The number of fused-ring (bicyclic) bond motifs is 1. The van der Waals surface area contributed by atoms with Crippen LogP contribution >= 0.6 is 34.5 Å². The molecule has 376 valence electrons. The molecule has 0 aliphatic carbocycles. The van der Waals surface area contributed by atoms with Crippen LogP contribution < -0.4 is 18.9 Å². The Kier molecular flexibility index (Phi) is 16.7. The van der Waals surface area contributed by atoms with Crippen molar-refractivity contribution in [1.82, 2.24) is 34.6 Å². The highest BCUT2D eigenvalue weighted by Crippen LogP contribution is 2.53. The molecule has 72 heavy (non-hydrogen) atoms. The monoisotopic (exact) mass is 1040 g/mol. The third-order valence-electron chi connectivity index (χ3n) is 12.1. The predicted octanol–water partition coefficient (Wildman–Crippen LogP) is 10.3. The first-order chi connectivity index (χ1) is 34.7. The highest BCUT2D eigenvalue weighted by Gasteiger charge is 2.32. The van der Waals surface area contributed by atoms with Crippen molar-refractivity contribution in [2.24, 2.45) is 0 Å². The molecule has 4 aromatic carbocycles. The van der Waals surface area contributed by atoms with Gasteiger partial charge in [-0.2, -0.15) is 0 Å². The van der Waals surface area contributed by atoms with E-state index < -0.39 is 30.3 Å². The van der Waals surface area contributed by atoms with E-state index in [0.717, 1.165) is 31.7 Å². The summed E-state index contributed by atoms with van der Waals surface area (Å²) in [5, 5.41) is 1.08. The van der Waals surface area contributed by atoms with Gasteiger partial charge in [-0.15, -0.1) is 11.3 Å². The number of benzene rings is 4. The van der Waals surface area contributed by atoms with Crippen molar-refractivity contribution >= 4 is 56.8 Å². The number of hydrogen-bond acceptors (Lipinski definition) is 15. The molecular formula is C53H54Cl2FN7O8S. The van der Waals surface area contributed by atoms with Gasteiger partial charge >= 0.3 is 12.1 Å². The van der Waals surface area contributed by atoms with Gasteiger partial charge in [0.05, 0.1) is 33.8 Å². The maximum atomic E-state index is 14.5. The summed E-state index contributed by atoms with van der Waals surface area (Å²) in [5.41, 5.74) is 5.13. The Morgan fingerprint density at radius 1 is 0.847 bits per heavy atom. The van der Waals surface area contributed by atoms with Gasteiger partial charge < -0.3 is 38.2 Å². The molecule has 3 aromatic heterocycles. The van der Waals surface area contributed by atoms with Gasteiger partial charge in [0.15, 0.2) is 11.6 Å². The molecule has 2 atom stereocenters. The molecule has 0 bridgehead atoms. The van der Waals surface area contributed by atoms with Crippen LogP contribution in [0.2, 0.25) is 10.0 Å². The van der Waals surface area contributed by atoms with Crippen LogP contribution in [0, 0.1) is 19.7 Å². The number of amides is 1. The van der Waals surface area contributed by atoms with Crippen LogP contribution in [0.1, 0.15) is 29.3 Å². The second kappa shape index (κ2) is 23.3. The van der Waals surface area contributed by atoms with Crippen molar-refractivity contribution in [2.45, 2.75) is 46.2 Å². The van der Waals surface area contributed by atoms with E-state index in [1.807, 2.05) is 50.2 Å². The Balaban J connectivity index is 1.17. The lowest BCUT2D eigenvalue weighted by Gasteiger charge is -2.32. The number of rotatable bonds is 18. The minimum absolute atomic E-state index is 0.0290. The van der Waals surface area contributed by atoms with Crippen LogP contribution in [0.15, 0.2) is 91.4 Å². The number of esters is 1. The largest absolute Gasteiger partial charge is 0.496 e. The Morgan fingerprint density at radius 3 is 2.25 bits per heavy atom. The van der Waals surface area contributed by atoms with E-state index in [-0.39, 0.29) is 18.9 Å². The Labute approximate surface area is 431 Å². The molecule has 0 saturated carbocycles. The SMILES string of the molecule is COc1ccccc1-c1nccc(COc2ccccc2C[C@@H](Oc2ncnc3sc(-c4ccc(F)cc4)c(-c4c(C)c(Cl)c(OCCN5CCN(C)CC5)c(Cl)c4C)c23)C(=O)OC(C)OC(=O)N(C)C)n1. The summed E-state index contributed by atoms with van der Waals surface area (Å²) in [6.07, 6.45) is -0.527. The lowest BCUT2D eigenvalue weighted by atomic mass is 9.92. The normalized spacial score (nSPS) is 13.9. The number of likely N-dealkylation sites (N-methyl/N-ethyl adjacent to an activating group) is 1. The second-order valence-corrected chi connectivity index (χ2v) is 19.1. The number of methoxy groups -OCH3 is 1. The minimum Gasteiger partial charge on any atom is -0.496 e. The number of nitrogens with zero attached hydrogens (tertiary/aromatic N) is 7. The smallest absolute Gasteiger partial charge is 0.412 e. The summed E-state index contributed by atoms with van der Waals surface area (Å²) in [4.78, 5) is 52.6. The molecule has 8 rings (SSSR count). The molecule has 7 aromatic rings. The molecule has 15 nitrogen and oxygen atoms in total. The summed E-state index contributed by atoms with van der Waals surface area (Å²) < 4.78 is 50.7. The number of carbonyl (C=O) groups is 2. The first-order valence-electron chi connectivity index (χ1n) is 23.2. The fourth-order valence-electron chi connectivity index (χ4n) is 8.25. The molecule has 1 saturated heterocycles. The summed E-state index contributed by atoms with van der Waals surface area (Å²) >= 11 is 15.8. The minimum atomic E-state index is -1.41. The lowest BCUT2D eigenvalue weighted by molar-refractivity contribution is -0.174. The van der Waals surface area contributed by atoms with Crippen molar-refractivity contribution in [1.29, 1.82) is 0 Å². The summed E-state index contributed by atoms with van der Waals surface area (Å²) in [7, 11) is 6.73. The van der Waals surface area contributed by atoms with Gasteiger partial charge in [-0.3, -0.25) is 4.90 Å². The van der Waals surface area contributed by atoms with Gasteiger partial charge in [0.2, 0.25) is 18.3 Å². The summed E-state index contributed by atoms with van der Waals surface area (Å²) in [6.45, 7) is 10.1. The van der Waals surface area contributed by atoms with Crippen LogP contribution in [-0.2, 0) is 27.3 Å². The number of aromatic nitrogens is 4. The second-order valence-electron chi connectivity index (χ2n) is 17.3. The molecular weight excluding hydrogens is 985 g/mol. The number of halogens is 3. The highest BCUT2D eigenvalue weighted by atomic mass is 35.5. The number of thiophene rings is 1. The van der Waals surface area contributed by atoms with Gasteiger partial charge in [0.1, 0.15) is 41.7 Å². The van der Waals surface area contributed by atoms with Gasteiger partial charge in [-0.05, 0) is 85.1 Å². The average molecular weight is 1040 g/mol. The Morgan fingerprint density at radius 2 is 1.54 bits per heavy atom. The van der Waals surface area contributed by atoms with Crippen molar-refractivity contribution in [2.75, 3.05) is 67.6 Å². The maximum absolute atomic E-state index is 14.5. The number of ether oxygens (including phenoxy) is 6. The molecule has 1 aliphatic heterocycles. The Bertz CT molecular complexity index is 3030. The van der Waals surface area contributed by atoms with Crippen LogP contribution in [0.3, 0.4) is 0 Å². The maximum Gasteiger partial charge on any atom is 0.412 e. The van der Waals surface area contributed by atoms with Gasteiger partial charge in [-0.1, -0.05) is 65.7 Å². The third-order valence-corrected chi connectivity index (χ3v) is 14.2. The molecule has 0 radical (unpaired) electrons. The zero-order valence-electron chi connectivity index (χ0n) is 40.9. The zero-order valence-corrected chi connectivity index (χ0v) is 43.2. The van der Waals surface area contributed by atoms with E-state index in [0.29, 0.717) is 100 Å². The van der Waals surface area contributed by atoms with Crippen molar-refractivity contribution in [3.8, 4) is 56.1 Å². The summed E-state index contributed by atoms with van der Waals surface area (Å²) in [5.74, 6) is 0.650. The first-order valence-corrected chi connectivity index (χ1v) is 24.7. The topological polar surface area (TPSA) is 151 Å². The van der Waals surface area contributed by atoms with E-state index in [9.17, 15) is 14.0 Å². The van der Waals surface area contributed by atoms with Crippen LogP contribution in [0.25, 0.3) is 43.2 Å². The quantitative estimate of drug-likeness (QED) is 0.0592. The predicted molar refractivity (Wildman–Crippen MR) is 276 cm³/mol. The number of piperazine rings is 1. The summed E-state index contributed by atoms with van der Waals surface area (Å²) in [6, 6.07) is 22.5. The molecule has 19 heteroatoms. The van der Waals surface area contributed by atoms with E-state index in [1.54, 1.807) is 43.6 Å². The number of para-hydroxylation sites is 2. The average Bonchev–Trinajstić information content (AvgIpc) is 3.77. The molecule has 1 fully saturated rings. The molecule has 0 spiro atoms. The number of hydrogen-bond donors (Lipinski definition) is 0. The zero-order chi connectivity index (χ0) is 51.1. The standard InChI is InChI=1S/C53H54Cl2FN7O8S/c1-31-42(32(2)46(55)47(45(31)54)67-27-26-63-24-22-62(6)23-25-63)43-44-50(58-30-59-51(44)72-48(43)34-16-18-36(56)19-17-34)71-41(52(64)69-33(3)70-53(65)61(4)5)28-35-12-8-10-14-39(35)68-29-37-20-21-57-49(60-37)38-13-9-11-15-40(38)66-7/h8-21,30,33,41H,22-29H2,1-7H3/t33?,41-/m1/s1. The highest BCUT2D eigenvalue weighted by molar-refractivity contribution is 7.22. The Hall–Kier alpha value is -6.63. The van der Waals surface area contributed by atoms with Crippen LogP contribution in [0.4, 0.5) is 9.18 Å². The first kappa shape index (κ1) is 51.7. The fraction of sp³-hybridized carbons (Fsp3) is 0.321. The molecule has 1 unspecified atom stereocenters. The molecule has 0 N–H and O–H groups in total. The molecule has 4 heterocycles. The van der Waals surface area contributed by atoms with Crippen molar-refractivity contribution < 1.29 is 42.4 Å². The van der Waals surface area contributed by atoms with E-state index in [4.69, 9.17) is 56.6 Å². The van der Waals surface area contributed by atoms with Crippen LogP contribution in [-0.4, -0.2) is 127 Å². The van der Waals surface area contributed by atoms with E-state index >= 15 is 0 Å². The van der Waals surface area contributed by atoms with Crippen molar-refractivity contribution in [3.63, 3.8) is 0 Å². The number of carbonyl (C=O) groups excluding carboxylic acids is 2. The van der Waals surface area contributed by atoms with Gasteiger partial charge in [0.25, 0.3) is 0 Å². The van der Waals surface area contributed by atoms with Gasteiger partial charge in [0, 0.05) is 76.8 Å². The van der Waals surface area contributed by atoms with E-state index in [2.05, 4.69) is 31.8 Å².